The number of nitrogens with one attached hydrogen (secondary N) is 1. The smallest absolute Gasteiger partial charge is 0.290 e. The van der Waals surface area contributed by atoms with E-state index in [9.17, 15) is 14.9 Å². The molecule has 0 aliphatic carbocycles. The van der Waals surface area contributed by atoms with Gasteiger partial charge in [-0.05, 0) is 38.3 Å². The van der Waals surface area contributed by atoms with Gasteiger partial charge in [0.25, 0.3) is 5.69 Å². The molecule has 0 radical (unpaired) electrons. The van der Waals surface area contributed by atoms with Crippen LogP contribution in [0.2, 0.25) is 0 Å². The van der Waals surface area contributed by atoms with Crippen molar-refractivity contribution in [2.45, 2.75) is 33.1 Å². The van der Waals surface area contributed by atoms with E-state index >= 15 is 0 Å². The van der Waals surface area contributed by atoms with E-state index in [1.54, 1.807) is 6.92 Å². The topological polar surface area (TPSA) is 85.1 Å². The van der Waals surface area contributed by atoms with Crippen molar-refractivity contribution in [2.24, 2.45) is 0 Å². The third-order valence-electron chi connectivity index (χ3n) is 3.54. The highest BCUT2D eigenvalue weighted by molar-refractivity contribution is 5.89. The third kappa shape index (κ3) is 4.88. The zero-order valence-corrected chi connectivity index (χ0v) is 13.2. The zero-order valence-electron chi connectivity index (χ0n) is 13.2. The number of hydrogen-bond acceptors (Lipinski definition) is 4. The quantitative estimate of drug-likeness (QED) is 0.652. The molecule has 6 nitrogen and oxygen atoms in total. The summed E-state index contributed by atoms with van der Waals surface area (Å²) in [6, 6.07) is 9.75. The van der Waals surface area contributed by atoms with Crippen LogP contribution in [0.4, 0.5) is 11.5 Å². The molecule has 1 aromatic carbocycles. The number of aromatic nitrogens is 1. The molecular formula is C17H19N3O3. The van der Waals surface area contributed by atoms with Crippen LogP contribution in [-0.4, -0.2) is 15.8 Å². The van der Waals surface area contributed by atoms with Crippen LogP contribution >= 0.6 is 0 Å². The monoisotopic (exact) mass is 313 g/mol. The Labute approximate surface area is 134 Å². The molecule has 2 aromatic rings. The summed E-state index contributed by atoms with van der Waals surface area (Å²) in [5.74, 6) is 0.200. The van der Waals surface area contributed by atoms with Gasteiger partial charge in [-0.15, -0.1) is 0 Å². The van der Waals surface area contributed by atoms with Crippen LogP contribution in [0.1, 0.15) is 29.5 Å². The highest BCUT2D eigenvalue weighted by Gasteiger charge is 2.12. The molecule has 0 unspecified atom stereocenters. The lowest BCUT2D eigenvalue weighted by atomic mass is 10.1. The van der Waals surface area contributed by atoms with E-state index in [1.807, 2.05) is 6.92 Å². The lowest BCUT2D eigenvalue weighted by Crippen LogP contribution is -2.13. The van der Waals surface area contributed by atoms with E-state index in [0.29, 0.717) is 17.8 Å². The largest absolute Gasteiger partial charge is 0.311 e. The van der Waals surface area contributed by atoms with E-state index in [0.717, 1.165) is 19.0 Å². The van der Waals surface area contributed by atoms with Crippen LogP contribution in [0, 0.1) is 24.0 Å². The molecule has 1 amide bonds. The summed E-state index contributed by atoms with van der Waals surface area (Å²) in [6.07, 6.45) is 3.12. The van der Waals surface area contributed by atoms with Gasteiger partial charge in [0.15, 0.2) is 0 Å². The van der Waals surface area contributed by atoms with Crippen LogP contribution in [0.5, 0.6) is 0 Å². The Morgan fingerprint density at radius 3 is 2.57 bits per heavy atom. The normalized spacial score (nSPS) is 10.3. The number of rotatable bonds is 6. The van der Waals surface area contributed by atoms with Gasteiger partial charge in [-0.25, -0.2) is 4.98 Å². The van der Waals surface area contributed by atoms with Crippen molar-refractivity contribution in [2.75, 3.05) is 5.32 Å². The summed E-state index contributed by atoms with van der Waals surface area (Å²) in [5, 5.41) is 13.4. The Bertz CT molecular complexity index is 712. The fourth-order valence-electron chi connectivity index (χ4n) is 2.22. The van der Waals surface area contributed by atoms with Crippen molar-refractivity contribution in [3.05, 3.63) is 63.3 Å². The summed E-state index contributed by atoms with van der Waals surface area (Å²) < 4.78 is 0. The number of benzene rings is 1. The average molecular weight is 313 g/mol. The van der Waals surface area contributed by atoms with Crippen LogP contribution in [0.15, 0.2) is 36.5 Å². The molecule has 1 heterocycles. The number of carbonyl (C=O) groups excluding carboxylic acids is 1. The van der Waals surface area contributed by atoms with Crippen LogP contribution in [0.3, 0.4) is 0 Å². The average Bonchev–Trinajstić information content (AvgIpc) is 2.49. The number of amides is 1. The highest BCUT2D eigenvalue weighted by atomic mass is 16.6. The third-order valence-corrected chi connectivity index (χ3v) is 3.54. The number of pyridine rings is 1. The van der Waals surface area contributed by atoms with Crippen molar-refractivity contribution >= 4 is 17.4 Å². The van der Waals surface area contributed by atoms with Gasteiger partial charge in [-0.2, -0.15) is 0 Å². The minimum atomic E-state index is -0.491. The van der Waals surface area contributed by atoms with Crippen molar-refractivity contribution in [1.29, 1.82) is 0 Å². The number of aryl methyl sites for hydroxylation is 3. The predicted octanol–water partition coefficient (Wildman–Crippen LogP) is 3.57. The molecule has 0 aliphatic heterocycles. The summed E-state index contributed by atoms with van der Waals surface area (Å²) in [6.45, 7) is 3.66. The first-order chi connectivity index (χ1) is 11.0. The highest BCUT2D eigenvalue weighted by Crippen LogP contribution is 2.19. The second-order valence-electron chi connectivity index (χ2n) is 5.50. The Morgan fingerprint density at radius 2 is 1.96 bits per heavy atom. The van der Waals surface area contributed by atoms with E-state index < -0.39 is 4.92 Å². The molecular weight excluding hydrogens is 294 g/mol. The van der Waals surface area contributed by atoms with Gasteiger partial charge in [-0.1, -0.05) is 29.8 Å². The lowest BCUT2D eigenvalue weighted by Gasteiger charge is -2.06. The van der Waals surface area contributed by atoms with Crippen molar-refractivity contribution in [3.8, 4) is 0 Å². The van der Waals surface area contributed by atoms with Crippen LogP contribution in [-0.2, 0) is 11.2 Å². The lowest BCUT2D eigenvalue weighted by molar-refractivity contribution is -0.385. The first-order valence-corrected chi connectivity index (χ1v) is 7.42. The Hall–Kier alpha value is -2.76. The zero-order chi connectivity index (χ0) is 16.8. The van der Waals surface area contributed by atoms with E-state index in [1.165, 1.54) is 17.2 Å². The predicted molar refractivity (Wildman–Crippen MR) is 88.4 cm³/mol. The van der Waals surface area contributed by atoms with Crippen molar-refractivity contribution in [3.63, 3.8) is 0 Å². The number of hydrogen-bond donors (Lipinski definition) is 1. The van der Waals surface area contributed by atoms with Gasteiger partial charge in [0.05, 0.1) is 4.92 Å². The number of nitro groups is 1. The van der Waals surface area contributed by atoms with Gasteiger partial charge >= 0.3 is 0 Å². The summed E-state index contributed by atoms with van der Waals surface area (Å²) in [5.41, 5.74) is 2.83. The fraction of sp³-hybridized carbons (Fsp3) is 0.294. The summed E-state index contributed by atoms with van der Waals surface area (Å²) >= 11 is 0. The molecule has 23 heavy (non-hydrogen) atoms. The standard InChI is InChI=1S/C17H19N3O3/c1-12-6-8-14(9-7-12)4-3-5-17(21)19-16-10-13(2)15(11-18-16)20(22)23/h6-11H,3-5H2,1-2H3,(H,18,19,21). The van der Waals surface area contributed by atoms with Crippen molar-refractivity contribution in [1.82, 2.24) is 4.98 Å². The molecule has 1 aromatic heterocycles. The number of anilines is 1. The van der Waals surface area contributed by atoms with E-state index in [-0.39, 0.29) is 11.6 Å². The van der Waals surface area contributed by atoms with Gasteiger partial charge in [-0.3, -0.25) is 14.9 Å². The first kappa shape index (κ1) is 16.6. The molecule has 0 saturated carbocycles. The van der Waals surface area contributed by atoms with E-state index in [2.05, 4.69) is 34.6 Å². The molecule has 0 atom stereocenters. The fourth-order valence-corrected chi connectivity index (χ4v) is 2.22. The van der Waals surface area contributed by atoms with Gasteiger partial charge < -0.3 is 5.32 Å². The van der Waals surface area contributed by atoms with Crippen LogP contribution in [0.25, 0.3) is 0 Å². The van der Waals surface area contributed by atoms with E-state index in [4.69, 9.17) is 0 Å². The molecule has 0 bridgehead atoms. The van der Waals surface area contributed by atoms with Gasteiger partial charge in [0.2, 0.25) is 5.91 Å². The molecule has 0 aliphatic rings. The molecule has 6 heteroatoms. The molecule has 2 rings (SSSR count). The number of carbonyl (C=O) groups is 1. The second kappa shape index (κ2) is 7.49. The molecule has 0 spiro atoms. The Morgan fingerprint density at radius 1 is 1.26 bits per heavy atom. The Kier molecular flexibility index (Phi) is 5.41. The molecule has 120 valence electrons. The minimum absolute atomic E-state index is 0.0534. The minimum Gasteiger partial charge on any atom is -0.311 e. The van der Waals surface area contributed by atoms with Gasteiger partial charge in [0, 0.05) is 12.0 Å². The number of nitrogens with zero attached hydrogens (tertiary/aromatic N) is 2. The molecule has 0 fully saturated rings. The Balaban J connectivity index is 1.84. The summed E-state index contributed by atoms with van der Waals surface area (Å²) in [4.78, 5) is 26.0. The van der Waals surface area contributed by atoms with Crippen LogP contribution < -0.4 is 5.32 Å². The maximum absolute atomic E-state index is 11.9. The second-order valence-corrected chi connectivity index (χ2v) is 5.50. The molecule has 0 saturated heterocycles. The first-order valence-electron chi connectivity index (χ1n) is 7.42. The summed E-state index contributed by atoms with van der Waals surface area (Å²) in [7, 11) is 0. The van der Waals surface area contributed by atoms with Crippen molar-refractivity contribution < 1.29 is 9.72 Å². The maximum atomic E-state index is 11.9. The SMILES string of the molecule is Cc1ccc(CCCC(=O)Nc2cc(C)c([N+](=O)[O-])cn2)cc1. The van der Waals surface area contributed by atoms with Gasteiger partial charge in [0.1, 0.15) is 12.0 Å². The maximum Gasteiger partial charge on any atom is 0.290 e. The molecule has 1 N–H and O–H groups in total.